The number of allylic oxidation sites excluding steroid dienone is 2. The molecule has 0 aromatic rings. The van der Waals surface area contributed by atoms with Crippen molar-refractivity contribution in [3.63, 3.8) is 0 Å². The van der Waals surface area contributed by atoms with E-state index in [1.807, 2.05) is 0 Å². The van der Waals surface area contributed by atoms with Crippen molar-refractivity contribution in [2.24, 2.45) is 5.16 Å². The van der Waals surface area contributed by atoms with E-state index in [1.165, 1.54) is 0 Å². The van der Waals surface area contributed by atoms with E-state index in [0.717, 1.165) is 6.21 Å². The number of rotatable bonds is 1. The van der Waals surface area contributed by atoms with Crippen LogP contribution in [0.5, 0.6) is 0 Å². The molecule has 3 nitrogen and oxygen atoms in total. The highest BCUT2D eigenvalue weighted by Gasteiger charge is 1.81. The van der Waals surface area contributed by atoms with Crippen LogP contribution in [0.25, 0.3) is 0 Å². The van der Waals surface area contributed by atoms with Crippen LogP contribution in [0.1, 0.15) is 6.92 Å². The minimum Gasteiger partial charge on any atom is -0.411 e. The van der Waals surface area contributed by atoms with Crippen molar-refractivity contribution in [2.45, 2.75) is 6.92 Å². The highest BCUT2D eigenvalue weighted by Crippen LogP contribution is 1.83. The van der Waals surface area contributed by atoms with Crippen LogP contribution in [0.15, 0.2) is 16.8 Å². The van der Waals surface area contributed by atoms with Gasteiger partial charge in [0.05, 0.1) is 11.8 Å². The molecule has 0 spiro atoms. The third-order valence-corrected chi connectivity index (χ3v) is 0.637. The lowest BCUT2D eigenvalue weighted by Gasteiger charge is -1.76. The molecule has 0 bridgehead atoms. The summed E-state index contributed by atoms with van der Waals surface area (Å²) in [5, 5.41) is 18.7. The van der Waals surface area contributed by atoms with Gasteiger partial charge in [0.2, 0.25) is 0 Å². The lowest BCUT2D eigenvalue weighted by atomic mass is 10.3. The molecule has 0 aliphatic heterocycles. The predicted octanol–water partition coefficient (Wildman–Crippen LogP) is 0.916. The van der Waals surface area contributed by atoms with Gasteiger partial charge in [-0.25, -0.2) is 0 Å². The van der Waals surface area contributed by atoms with Gasteiger partial charge in [-0.1, -0.05) is 11.2 Å². The molecule has 0 aliphatic rings. The van der Waals surface area contributed by atoms with Gasteiger partial charge in [-0.05, 0) is 6.92 Å². The molecule has 0 heterocycles. The first-order valence-corrected chi connectivity index (χ1v) is 2.09. The van der Waals surface area contributed by atoms with E-state index in [1.54, 1.807) is 19.1 Å². The minimum absolute atomic E-state index is 0.354. The summed E-state index contributed by atoms with van der Waals surface area (Å²) < 4.78 is 0. The molecule has 0 unspecified atom stereocenters. The van der Waals surface area contributed by atoms with Crippen molar-refractivity contribution in [1.82, 2.24) is 0 Å². The Morgan fingerprint density at radius 3 is 2.62 bits per heavy atom. The van der Waals surface area contributed by atoms with Crippen molar-refractivity contribution in [3.05, 3.63) is 11.6 Å². The van der Waals surface area contributed by atoms with E-state index in [9.17, 15) is 0 Å². The smallest absolute Gasteiger partial charge is 0.101 e. The average Bonchev–Trinajstić information content (AvgIpc) is 1.83. The van der Waals surface area contributed by atoms with E-state index in [2.05, 4.69) is 5.16 Å². The molecule has 0 amide bonds. The Bertz CT molecular complexity index is 152. The average molecular weight is 110 g/mol. The van der Waals surface area contributed by atoms with Crippen molar-refractivity contribution < 1.29 is 5.21 Å². The third-order valence-electron chi connectivity index (χ3n) is 0.637. The Labute approximate surface area is 47.5 Å². The van der Waals surface area contributed by atoms with Gasteiger partial charge in [0.1, 0.15) is 6.07 Å². The molecule has 1 N–H and O–H groups in total. The van der Waals surface area contributed by atoms with E-state index >= 15 is 0 Å². The third kappa shape index (κ3) is 1.98. The molecule has 0 fully saturated rings. The van der Waals surface area contributed by atoms with Gasteiger partial charge in [0.25, 0.3) is 0 Å². The monoisotopic (exact) mass is 110 g/mol. The van der Waals surface area contributed by atoms with Crippen LogP contribution >= 0.6 is 0 Å². The van der Waals surface area contributed by atoms with Gasteiger partial charge in [0.15, 0.2) is 0 Å². The Morgan fingerprint density at radius 1 is 1.88 bits per heavy atom. The fourth-order valence-electron chi connectivity index (χ4n) is 0.230. The van der Waals surface area contributed by atoms with E-state index in [-0.39, 0.29) is 0 Å². The predicted molar refractivity (Wildman–Crippen MR) is 29.6 cm³/mol. The summed E-state index contributed by atoms with van der Waals surface area (Å²) in [4.78, 5) is 0. The SMILES string of the molecule is C/C=C(C#N)\C=N\O. The summed E-state index contributed by atoms with van der Waals surface area (Å²) in [6, 6.07) is 1.80. The molecule has 0 rings (SSSR count). The Balaban J connectivity index is 3.98. The number of hydrogen-bond acceptors (Lipinski definition) is 3. The Hall–Kier alpha value is -1.30. The first kappa shape index (κ1) is 6.70. The summed E-state index contributed by atoms with van der Waals surface area (Å²) in [5.74, 6) is 0. The van der Waals surface area contributed by atoms with Crippen molar-refractivity contribution in [1.29, 1.82) is 5.26 Å². The molecule has 3 heteroatoms. The van der Waals surface area contributed by atoms with Crippen LogP contribution in [0, 0.1) is 11.3 Å². The van der Waals surface area contributed by atoms with E-state index in [0.29, 0.717) is 5.57 Å². The van der Waals surface area contributed by atoms with Crippen molar-refractivity contribution >= 4 is 6.21 Å². The maximum Gasteiger partial charge on any atom is 0.101 e. The van der Waals surface area contributed by atoms with Crippen LogP contribution in [-0.4, -0.2) is 11.4 Å². The second kappa shape index (κ2) is 3.88. The minimum atomic E-state index is 0.354. The Morgan fingerprint density at radius 2 is 2.50 bits per heavy atom. The largest absolute Gasteiger partial charge is 0.411 e. The van der Waals surface area contributed by atoms with Crippen LogP contribution in [0.3, 0.4) is 0 Å². The van der Waals surface area contributed by atoms with Gasteiger partial charge in [-0.3, -0.25) is 0 Å². The highest BCUT2D eigenvalue weighted by atomic mass is 16.4. The molecular weight excluding hydrogens is 104 g/mol. The van der Waals surface area contributed by atoms with Gasteiger partial charge in [0, 0.05) is 0 Å². The van der Waals surface area contributed by atoms with Gasteiger partial charge in [-0.2, -0.15) is 5.26 Å². The molecule has 0 radical (unpaired) electrons. The van der Waals surface area contributed by atoms with Crippen LogP contribution < -0.4 is 0 Å². The zero-order valence-electron chi connectivity index (χ0n) is 4.50. The fourth-order valence-corrected chi connectivity index (χ4v) is 0.230. The van der Waals surface area contributed by atoms with Gasteiger partial charge >= 0.3 is 0 Å². The first-order chi connectivity index (χ1) is 3.85. The molecule has 0 saturated carbocycles. The standard InChI is InChI=1S/C5H6N2O/c1-2-5(3-6)4-7-8/h2,4,8H,1H3/b5-2-,7-4+. The van der Waals surface area contributed by atoms with Crippen LogP contribution in [-0.2, 0) is 0 Å². The fraction of sp³-hybridized carbons (Fsp3) is 0.200. The Kier molecular flexibility index (Phi) is 3.25. The molecule has 0 saturated heterocycles. The zero-order chi connectivity index (χ0) is 6.41. The van der Waals surface area contributed by atoms with E-state index in [4.69, 9.17) is 10.5 Å². The van der Waals surface area contributed by atoms with Gasteiger partial charge < -0.3 is 5.21 Å². The summed E-state index contributed by atoms with van der Waals surface area (Å²) in [6.45, 7) is 1.69. The lowest BCUT2D eigenvalue weighted by Crippen LogP contribution is -1.76. The molecule has 0 atom stereocenters. The quantitative estimate of drug-likeness (QED) is 0.236. The highest BCUT2D eigenvalue weighted by molar-refractivity contribution is 5.82. The van der Waals surface area contributed by atoms with Crippen LogP contribution in [0.2, 0.25) is 0 Å². The molecule has 42 valence electrons. The first-order valence-electron chi connectivity index (χ1n) is 2.09. The molecular formula is C5H6N2O. The molecule has 0 aromatic carbocycles. The van der Waals surface area contributed by atoms with E-state index < -0.39 is 0 Å². The summed E-state index contributed by atoms with van der Waals surface area (Å²) >= 11 is 0. The maximum atomic E-state index is 8.14. The van der Waals surface area contributed by atoms with Crippen molar-refractivity contribution in [3.8, 4) is 6.07 Å². The topological polar surface area (TPSA) is 56.4 Å². The summed E-state index contributed by atoms with van der Waals surface area (Å²) in [5.41, 5.74) is 0.354. The van der Waals surface area contributed by atoms with Crippen molar-refractivity contribution in [2.75, 3.05) is 0 Å². The molecule has 0 aliphatic carbocycles. The zero-order valence-corrected chi connectivity index (χ0v) is 4.50. The normalized spacial score (nSPS) is 11.8. The number of oxime groups is 1. The summed E-state index contributed by atoms with van der Waals surface area (Å²) in [6.07, 6.45) is 2.64. The van der Waals surface area contributed by atoms with Gasteiger partial charge in [-0.15, -0.1) is 0 Å². The maximum absolute atomic E-state index is 8.14. The second-order valence-electron chi connectivity index (χ2n) is 1.10. The lowest BCUT2D eigenvalue weighted by molar-refractivity contribution is 0.322. The molecule has 8 heavy (non-hydrogen) atoms. The number of nitriles is 1. The summed E-state index contributed by atoms with van der Waals surface area (Å²) in [7, 11) is 0. The number of hydrogen-bond donors (Lipinski definition) is 1. The van der Waals surface area contributed by atoms with Crippen LogP contribution in [0.4, 0.5) is 0 Å². The number of nitrogens with zero attached hydrogens (tertiary/aromatic N) is 2. The second-order valence-corrected chi connectivity index (χ2v) is 1.10. The molecule has 0 aromatic heterocycles.